The van der Waals surface area contributed by atoms with Crippen LogP contribution in [0.2, 0.25) is 0 Å². The normalized spacial score (nSPS) is 16.0. The van der Waals surface area contributed by atoms with Crippen molar-refractivity contribution in [1.29, 1.82) is 0 Å². The van der Waals surface area contributed by atoms with Crippen LogP contribution in [-0.2, 0) is 12.8 Å². The Balaban J connectivity index is 1.40. The maximum absolute atomic E-state index is 13.7. The van der Waals surface area contributed by atoms with Crippen molar-refractivity contribution in [3.8, 4) is 11.5 Å². The van der Waals surface area contributed by atoms with E-state index in [9.17, 15) is 9.50 Å². The third kappa shape index (κ3) is 10.5. The quantitative estimate of drug-likeness (QED) is 0.145. The van der Waals surface area contributed by atoms with Crippen LogP contribution in [-0.4, -0.2) is 42.8 Å². The molecule has 5 heteroatoms. The zero-order chi connectivity index (χ0) is 32.0. The van der Waals surface area contributed by atoms with Crippen LogP contribution in [0.15, 0.2) is 66.7 Å². The number of nitrogens with zero attached hydrogens (tertiary/aromatic N) is 2. The highest BCUT2D eigenvalue weighted by Gasteiger charge is 2.28. The topological polar surface area (TPSA) is 35.9 Å². The van der Waals surface area contributed by atoms with E-state index in [2.05, 4.69) is 61.8 Å². The van der Waals surface area contributed by atoms with Gasteiger partial charge in [0.1, 0.15) is 23.9 Å². The van der Waals surface area contributed by atoms with Crippen LogP contribution in [0.1, 0.15) is 102 Å². The molecular formula is C40H57FN2O2. The fraction of sp³-hybridized carbons (Fsp3) is 0.550. The van der Waals surface area contributed by atoms with Crippen LogP contribution < -0.4 is 9.64 Å². The van der Waals surface area contributed by atoms with Gasteiger partial charge in [-0.3, -0.25) is 4.90 Å². The van der Waals surface area contributed by atoms with Gasteiger partial charge in [0.05, 0.1) is 6.04 Å². The molecule has 1 aliphatic rings. The molecule has 1 N–H and O–H groups in total. The summed E-state index contributed by atoms with van der Waals surface area (Å²) in [7, 11) is 0. The van der Waals surface area contributed by atoms with E-state index in [0.717, 1.165) is 49.2 Å². The lowest BCUT2D eigenvalue weighted by atomic mass is 9.88. The number of ether oxygens (including phenoxy) is 1. The number of anilines is 1. The molecule has 4 nitrogen and oxygen atoms in total. The van der Waals surface area contributed by atoms with Gasteiger partial charge < -0.3 is 14.7 Å². The summed E-state index contributed by atoms with van der Waals surface area (Å²) in [6.45, 7) is 14.1. The molecule has 246 valence electrons. The van der Waals surface area contributed by atoms with Crippen molar-refractivity contribution in [2.45, 2.75) is 97.9 Å². The third-order valence-electron chi connectivity index (χ3n) is 9.79. The first-order chi connectivity index (χ1) is 21.9. The van der Waals surface area contributed by atoms with Gasteiger partial charge in [-0.15, -0.1) is 0 Å². The molecule has 0 saturated heterocycles. The van der Waals surface area contributed by atoms with Gasteiger partial charge in [-0.2, -0.15) is 0 Å². The Kier molecular flexibility index (Phi) is 14.1. The fourth-order valence-electron chi connectivity index (χ4n) is 6.92. The van der Waals surface area contributed by atoms with Crippen LogP contribution in [0.4, 0.5) is 10.1 Å². The first-order valence-electron chi connectivity index (χ1n) is 17.7. The van der Waals surface area contributed by atoms with Crippen molar-refractivity contribution in [1.82, 2.24) is 4.90 Å². The summed E-state index contributed by atoms with van der Waals surface area (Å²) in [5, 5.41) is 10.1. The number of hydrogen-bond acceptors (Lipinski definition) is 4. The highest BCUT2D eigenvalue weighted by Crippen LogP contribution is 2.37. The number of hydrogen-bond donors (Lipinski definition) is 1. The zero-order valence-electron chi connectivity index (χ0n) is 28.3. The average molecular weight is 617 g/mol. The van der Waals surface area contributed by atoms with E-state index in [0.29, 0.717) is 12.4 Å². The molecule has 0 amide bonds. The minimum atomic E-state index is -0.223. The number of rotatable bonds is 19. The Labute approximate surface area is 272 Å². The number of fused-ring (bicyclic) bond motifs is 1. The Morgan fingerprint density at radius 2 is 1.51 bits per heavy atom. The van der Waals surface area contributed by atoms with Gasteiger partial charge in [0.25, 0.3) is 0 Å². The largest absolute Gasteiger partial charge is 0.508 e. The lowest BCUT2D eigenvalue weighted by Crippen LogP contribution is -2.37. The molecule has 3 atom stereocenters. The van der Waals surface area contributed by atoms with E-state index >= 15 is 0 Å². The molecule has 0 fully saturated rings. The molecule has 0 bridgehead atoms. The van der Waals surface area contributed by atoms with Gasteiger partial charge in [-0.1, -0.05) is 84.4 Å². The summed E-state index contributed by atoms with van der Waals surface area (Å²) in [6, 6.07) is 21.2. The second kappa shape index (κ2) is 18.2. The van der Waals surface area contributed by atoms with Crippen LogP contribution in [0.3, 0.4) is 0 Å². The predicted octanol–water partition coefficient (Wildman–Crippen LogP) is 9.99. The smallest absolute Gasteiger partial charge is 0.123 e. The van der Waals surface area contributed by atoms with Gasteiger partial charge in [0.15, 0.2) is 0 Å². The average Bonchev–Trinajstić information content (AvgIpc) is 3.05. The fourth-order valence-corrected chi connectivity index (χ4v) is 6.92. The molecule has 0 aliphatic carbocycles. The SMILES string of the molecule is CCCCC(CC)CN(CCOc1ccc(CC2c3ccc(O)cc3CCN2c2ccc(F)cc2)cc1)CC(CC)CCCC. The molecule has 0 saturated carbocycles. The van der Waals surface area contributed by atoms with Crippen molar-refractivity contribution < 1.29 is 14.2 Å². The lowest BCUT2D eigenvalue weighted by Gasteiger charge is -2.39. The Hall–Kier alpha value is -3.05. The minimum Gasteiger partial charge on any atom is -0.508 e. The van der Waals surface area contributed by atoms with Gasteiger partial charge in [0, 0.05) is 31.9 Å². The molecule has 4 rings (SSSR count). The van der Waals surface area contributed by atoms with Crippen LogP contribution in [0.5, 0.6) is 11.5 Å². The summed E-state index contributed by atoms with van der Waals surface area (Å²) in [4.78, 5) is 5.05. The second-order valence-corrected chi connectivity index (χ2v) is 13.1. The van der Waals surface area contributed by atoms with E-state index in [-0.39, 0.29) is 11.9 Å². The maximum atomic E-state index is 13.7. The van der Waals surface area contributed by atoms with Crippen molar-refractivity contribution in [3.05, 3.63) is 89.2 Å². The molecule has 45 heavy (non-hydrogen) atoms. The summed E-state index contributed by atoms with van der Waals surface area (Å²) >= 11 is 0. The van der Waals surface area contributed by atoms with Gasteiger partial charge in [-0.05, 0) is 103 Å². The summed E-state index contributed by atoms with van der Waals surface area (Å²) in [5.74, 6) is 2.52. The highest BCUT2D eigenvalue weighted by molar-refractivity contribution is 5.53. The molecule has 0 spiro atoms. The van der Waals surface area contributed by atoms with Gasteiger partial charge in [-0.25, -0.2) is 4.39 Å². The van der Waals surface area contributed by atoms with E-state index in [4.69, 9.17) is 4.74 Å². The Morgan fingerprint density at radius 1 is 0.867 bits per heavy atom. The van der Waals surface area contributed by atoms with Crippen LogP contribution in [0.25, 0.3) is 0 Å². The predicted molar refractivity (Wildman–Crippen MR) is 187 cm³/mol. The number of halogens is 1. The van der Waals surface area contributed by atoms with Crippen molar-refractivity contribution in [2.24, 2.45) is 11.8 Å². The van der Waals surface area contributed by atoms with Crippen LogP contribution in [0, 0.1) is 17.7 Å². The van der Waals surface area contributed by atoms with E-state index < -0.39 is 0 Å². The summed E-state index contributed by atoms with van der Waals surface area (Å²) in [6.07, 6.45) is 12.0. The van der Waals surface area contributed by atoms with E-state index in [1.165, 1.54) is 93.3 Å². The summed E-state index contributed by atoms with van der Waals surface area (Å²) in [5.41, 5.74) is 4.65. The van der Waals surface area contributed by atoms with E-state index in [1.54, 1.807) is 6.07 Å². The molecule has 3 aromatic rings. The highest BCUT2D eigenvalue weighted by atomic mass is 19.1. The number of benzene rings is 3. The standard InChI is InChI=1S/C40H57FN2O2/c1-5-9-11-31(7-3)29-42(30-32(8-4)12-10-6-2)25-26-45-38-20-13-33(14-21-38)27-40-39-22-19-37(44)28-34(39)23-24-43(40)36-17-15-35(41)16-18-36/h13-22,28,31-32,40,44H,5-12,23-27,29-30H2,1-4H3. The van der Waals surface area contributed by atoms with Gasteiger partial charge >= 0.3 is 0 Å². The summed E-state index contributed by atoms with van der Waals surface area (Å²) < 4.78 is 20.1. The zero-order valence-corrected chi connectivity index (χ0v) is 28.3. The second-order valence-electron chi connectivity index (χ2n) is 13.1. The first kappa shape index (κ1) is 34.8. The lowest BCUT2D eigenvalue weighted by molar-refractivity contribution is 0.152. The van der Waals surface area contributed by atoms with E-state index in [1.807, 2.05) is 24.3 Å². The molecule has 0 radical (unpaired) electrons. The molecule has 1 aliphatic heterocycles. The molecule has 1 heterocycles. The Bertz CT molecular complexity index is 1240. The van der Waals surface area contributed by atoms with Crippen molar-refractivity contribution in [3.63, 3.8) is 0 Å². The van der Waals surface area contributed by atoms with Crippen molar-refractivity contribution in [2.75, 3.05) is 37.7 Å². The van der Waals surface area contributed by atoms with Gasteiger partial charge in [0.2, 0.25) is 0 Å². The third-order valence-corrected chi connectivity index (χ3v) is 9.79. The Morgan fingerprint density at radius 3 is 2.11 bits per heavy atom. The maximum Gasteiger partial charge on any atom is 0.123 e. The molecule has 3 aromatic carbocycles. The first-order valence-corrected chi connectivity index (χ1v) is 17.7. The van der Waals surface area contributed by atoms with Crippen LogP contribution >= 0.6 is 0 Å². The number of phenolic OH excluding ortho intramolecular Hbond substituents is 1. The number of unbranched alkanes of at least 4 members (excludes halogenated alkanes) is 2. The monoisotopic (exact) mass is 616 g/mol. The number of aromatic hydroxyl groups is 1. The molecule has 0 aromatic heterocycles. The molecular weight excluding hydrogens is 559 g/mol. The number of phenols is 1. The van der Waals surface area contributed by atoms with Crippen molar-refractivity contribution >= 4 is 5.69 Å². The molecule has 3 unspecified atom stereocenters. The minimum absolute atomic E-state index is 0.0959.